The van der Waals surface area contributed by atoms with Gasteiger partial charge in [-0.1, -0.05) is 28.1 Å². The van der Waals surface area contributed by atoms with Crippen molar-refractivity contribution >= 4 is 39.0 Å². The first-order chi connectivity index (χ1) is 8.58. The molecule has 0 saturated heterocycles. The van der Waals surface area contributed by atoms with Crippen LogP contribution in [0, 0.1) is 0 Å². The van der Waals surface area contributed by atoms with Crippen molar-refractivity contribution in [2.75, 3.05) is 11.1 Å². The zero-order chi connectivity index (χ0) is 13.1. The molecule has 0 heterocycles. The van der Waals surface area contributed by atoms with Gasteiger partial charge in [-0.25, -0.2) is 4.79 Å². The van der Waals surface area contributed by atoms with Crippen LogP contribution in [0.2, 0.25) is 0 Å². The van der Waals surface area contributed by atoms with E-state index in [4.69, 9.17) is 10.8 Å². The maximum Gasteiger partial charge on any atom is 0.337 e. The predicted molar refractivity (Wildman–Crippen MR) is 75.2 cm³/mol. The lowest BCUT2D eigenvalue weighted by atomic mass is 10.1. The van der Waals surface area contributed by atoms with Crippen LogP contribution >= 0.6 is 15.9 Å². The lowest BCUT2D eigenvalue weighted by molar-refractivity contribution is 0.0698. The van der Waals surface area contributed by atoms with Crippen molar-refractivity contribution in [1.82, 2.24) is 0 Å². The summed E-state index contributed by atoms with van der Waals surface area (Å²) in [6.07, 6.45) is 0. The van der Waals surface area contributed by atoms with E-state index in [1.807, 2.05) is 24.3 Å². The Hall–Kier alpha value is -2.01. The summed E-state index contributed by atoms with van der Waals surface area (Å²) in [6, 6.07) is 12.4. The minimum atomic E-state index is -1.04. The van der Waals surface area contributed by atoms with Crippen molar-refractivity contribution in [1.29, 1.82) is 0 Å². The van der Waals surface area contributed by atoms with E-state index in [0.717, 1.165) is 10.2 Å². The van der Waals surface area contributed by atoms with E-state index < -0.39 is 5.97 Å². The van der Waals surface area contributed by atoms with E-state index in [0.29, 0.717) is 5.69 Å². The van der Waals surface area contributed by atoms with Crippen molar-refractivity contribution in [3.8, 4) is 0 Å². The van der Waals surface area contributed by atoms with Gasteiger partial charge in [0.15, 0.2) is 0 Å². The highest BCUT2D eigenvalue weighted by molar-refractivity contribution is 9.10. The number of benzene rings is 2. The largest absolute Gasteiger partial charge is 0.478 e. The minimum absolute atomic E-state index is 0.0926. The molecule has 2 rings (SSSR count). The van der Waals surface area contributed by atoms with Crippen LogP contribution in [0.1, 0.15) is 10.4 Å². The number of rotatable bonds is 3. The number of hydrogen-bond acceptors (Lipinski definition) is 3. The van der Waals surface area contributed by atoms with Gasteiger partial charge in [0.2, 0.25) is 0 Å². The second-order valence-corrected chi connectivity index (χ2v) is 4.62. The fraction of sp³-hybridized carbons (Fsp3) is 0. The van der Waals surface area contributed by atoms with Crippen molar-refractivity contribution in [2.24, 2.45) is 0 Å². The Morgan fingerprint density at radius 2 is 1.94 bits per heavy atom. The molecule has 0 atom stereocenters. The average Bonchev–Trinajstić information content (AvgIpc) is 2.31. The summed E-state index contributed by atoms with van der Waals surface area (Å²) < 4.78 is 0.931. The number of aromatic carboxylic acids is 1. The third-order valence-corrected chi connectivity index (χ3v) is 2.93. The van der Waals surface area contributed by atoms with Gasteiger partial charge in [0, 0.05) is 10.2 Å². The number of halogens is 1. The Balaban J connectivity index is 2.35. The van der Waals surface area contributed by atoms with Crippen LogP contribution in [-0.2, 0) is 0 Å². The Bertz CT molecular complexity index is 599. The lowest BCUT2D eigenvalue weighted by Crippen LogP contribution is -2.05. The second-order valence-electron chi connectivity index (χ2n) is 3.71. The number of carbonyl (C=O) groups is 1. The van der Waals surface area contributed by atoms with Crippen LogP contribution in [0.5, 0.6) is 0 Å². The molecule has 0 aliphatic rings. The number of carboxylic acids is 1. The highest BCUT2D eigenvalue weighted by Crippen LogP contribution is 2.27. The van der Waals surface area contributed by atoms with Crippen LogP contribution in [0.25, 0.3) is 0 Å². The molecule has 4 nitrogen and oxygen atoms in total. The lowest BCUT2D eigenvalue weighted by Gasteiger charge is -2.11. The van der Waals surface area contributed by atoms with Crippen molar-refractivity contribution in [3.63, 3.8) is 0 Å². The topological polar surface area (TPSA) is 75.3 Å². The van der Waals surface area contributed by atoms with Crippen LogP contribution < -0.4 is 11.1 Å². The van der Waals surface area contributed by atoms with Gasteiger partial charge in [0.1, 0.15) is 0 Å². The molecule has 0 aliphatic carbocycles. The highest BCUT2D eigenvalue weighted by Gasteiger charge is 2.10. The summed E-state index contributed by atoms with van der Waals surface area (Å²) in [6.45, 7) is 0. The molecule has 0 bridgehead atoms. The molecule has 4 N–H and O–H groups in total. The Morgan fingerprint density at radius 1 is 1.22 bits per heavy atom. The molecular weight excluding hydrogens is 296 g/mol. The van der Waals surface area contributed by atoms with Gasteiger partial charge in [-0.3, -0.25) is 0 Å². The molecule has 0 unspecified atom stereocenters. The number of nitrogen functional groups attached to an aromatic ring is 1. The van der Waals surface area contributed by atoms with Crippen molar-refractivity contribution in [3.05, 3.63) is 52.5 Å². The molecule has 18 heavy (non-hydrogen) atoms. The second kappa shape index (κ2) is 5.10. The zero-order valence-electron chi connectivity index (χ0n) is 9.35. The molecule has 2 aromatic rings. The summed E-state index contributed by atoms with van der Waals surface area (Å²) in [4.78, 5) is 11.0. The van der Waals surface area contributed by atoms with E-state index >= 15 is 0 Å². The fourth-order valence-corrected chi connectivity index (χ4v) is 1.98. The molecule has 0 amide bonds. The van der Waals surface area contributed by atoms with E-state index in [1.165, 1.54) is 6.07 Å². The van der Waals surface area contributed by atoms with Gasteiger partial charge in [-0.2, -0.15) is 0 Å². The molecule has 0 aliphatic heterocycles. The first-order valence-electron chi connectivity index (χ1n) is 5.22. The molecule has 2 aromatic carbocycles. The third-order valence-electron chi connectivity index (χ3n) is 2.44. The number of hydrogen-bond donors (Lipinski definition) is 3. The Labute approximate surface area is 113 Å². The number of nitrogens with two attached hydrogens (primary N) is 1. The molecule has 0 fully saturated rings. The van der Waals surface area contributed by atoms with E-state index in [9.17, 15) is 4.79 Å². The number of anilines is 3. The van der Waals surface area contributed by atoms with Crippen LogP contribution in [-0.4, -0.2) is 11.1 Å². The molecule has 0 spiro atoms. The monoisotopic (exact) mass is 306 g/mol. The molecule has 0 radical (unpaired) electrons. The zero-order valence-corrected chi connectivity index (χ0v) is 10.9. The predicted octanol–water partition coefficient (Wildman–Crippen LogP) is 3.47. The van der Waals surface area contributed by atoms with E-state index in [-0.39, 0.29) is 11.3 Å². The molecule has 0 saturated carbocycles. The van der Waals surface area contributed by atoms with Crippen LogP contribution in [0.15, 0.2) is 46.9 Å². The van der Waals surface area contributed by atoms with Crippen LogP contribution in [0.3, 0.4) is 0 Å². The maximum absolute atomic E-state index is 11.0. The summed E-state index contributed by atoms with van der Waals surface area (Å²) in [5.74, 6) is -1.04. The first kappa shape index (κ1) is 12.4. The van der Waals surface area contributed by atoms with Gasteiger partial charge in [0.05, 0.1) is 16.9 Å². The molecule has 5 heteroatoms. The van der Waals surface area contributed by atoms with Crippen molar-refractivity contribution < 1.29 is 9.90 Å². The third kappa shape index (κ3) is 2.62. The van der Waals surface area contributed by atoms with Crippen molar-refractivity contribution in [2.45, 2.75) is 0 Å². The smallest absolute Gasteiger partial charge is 0.337 e. The van der Waals surface area contributed by atoms with Gasteiger partial charge >= 0.3 is 5.97 Å². The van der Waals surface area contributed by atoms with Gasteiger partial charge in [-0.05, 0) is 30.3 Å². The Morgan fingerprint density at radius 3 is 2.61 bits per heavy atom. The number of nitrogens with one attached hydrogen (secondary N) is 1. The van der Waals surface area contributed by atoms with E-state index in [2.05, 4.69) is 21.2 Å². The molecular formula is C13H11BrN2O2. The van der Waals surface area contributed by atoms with Gasteiger partial charge < -0.3 is 16.2 Å². The van der Waals surface area contributed by atoms with Gasteiger partial charge in [0.25, 0.3) is 0 Å². The van der Waals surface area contributed by atoms with E-state index in [1.54, 1.807) is 12.1 Å². The number of para-hydroxylation sites is 1. The average molecular weight is 307 g/mol. The number of carboxylic acid groups (broad SMARTS) is 1. The summed E-state index contributed by atoms with van der Waals surface area (Å²) >= 11 is 3.37. The molecule has 0 aromatic heterocycles. The molecule has 92 valence electrons. The quantitative estimate of drug-likeness (QED) is 0.759. The van der Waals surface area contributed by atoms with Gasteiger partial charge in [-0.15, -0.1) is 0 Å². The summed E-state index contributed by atoms with van der Waals surface area (Å²) in [5, 5.41) is 12.1. The Kier molecular flexibility index (Phi) is 3.53. The summed E-state index contributed by atoms with van der Waals surface area (Å²) in [5.41, 5.74) is 7.54. The minimum Gasteiger partial charge on any atom is -0.478 e. The maximum atomic E-state index is 11.0. The summed E-state index contributed by atoms with van der Waals surface area (Å²) in [7, 11) is 0. The highest BCUT2D eigenvalue weighted by atomic mass is 79.9. The normalized spacial score (nSPS) is 10.1. The van der Waals surface area contributed by atoms with Crippen LogP contribution in [0.4, 0.5) is 17.1 Å². The standard InChI is InChI=1S/C13H11BrN2O2/c14-8-3-1-4-9(7-8)16-11-6-2-5-10(12(11)15)13(17)18/h1-7,16H,15H2,(H,17,18). The SMILES string of the molecule is Nc1c(Nc2cccc(Br)c2)cccc1C(=O)O. The fourth-order valence-electron chi connectivity index (χ4n) is 1.58. The first-order valence-corrected chi connectivity index (χ1v) is 6.01.